The standard InChI is InChI=1S/C11H11NO5.C2H6/c1-3-8-9(12(14)15)5-4-6-10(8)17-7-11(13)16-2;1-2/h3-6H,1,7H2,2H3;1-2H3. The molecule has 0 saturated carbocycles. The highest BCUT2D eigenvalue weighted by Crippen LogP contribution is 2.29. The smallest absolute Gasteiger partial charge is 0.343 e. The van der Waals surface area contributed by atoms with E-state index in [2.05, 4.69) is 11.3 Å². The summed E-state index contributed by atoms with van der Waals surface area (Å²) >= 11 is 0. The Morgan fingerprint density at radius 2 is 2.11 bits per heavy atom. The first-order valence-corrected chi connectivity index (χ1v) is 5.69. The average molecular weight is 267 g/mol. The van der Waals surface area contributed by atoms with Gasteiger partial charge in [0.05, 0.1) is 17.6 Å². The van der Waals surface area contributed by atoms with Gasteiger partial charge in [0, 0.05) is 6.07 Å². The Morgan fingerprint density at radius 1 is 1.47 bits per heavy atom. The topological polar surface area (TPSA) is 78.7 Å². The third kappa shape index (κ3) is 4.79. The van der Waals surface area contributed by atoms with Crippen LogP contribution in [0.25, 0.3) is 6.08 Å². The first kappa shape index (κ1) is 16.6. The highest BCUT2D eigenvalue weighted by molar-refractivity contribution is 5.72. The van der Waals surface area contributed by atoms with Gasteiger partial charge in [-0.2, -0.15) is 0 Å². The fraction of sp³-hybridized carbons (Fsp3) is 0.308. The molecule has 1 rings (SSSR count). The molecule has 6 nitrogen and oxygen atoms in total. The van der Waals surface area contributed by atoms with Crippen molar-refractivity contribution in [2.75, 3.05) is 13.7 Å². The molecule has 0 radical (unpaired) electrons. The van der Waals surface area contributed by atoms with Crippen LogP contribution in [0.2, 0.25) is 0 Å². The van der Waals surface area contributed by atoms with Crippen LogP contribution in [0, 0.1) is 10.1 Å². The normalized spacial score (nSPS) is 8.79. The first-order chi connectivity index (χ1) is 9.10. The maximum atomic E-state index is 10.9. The van der Waals surface area contributed by atoms with Gasteiger partial charge >= 0.3 is 5.97 Å². The molecule has 1 aromatic rings. The number of esters is 1. The lowest BCUT2D eigenvalue weighted by Gasteiger charge is -2.07. The minimum absolute atomic E-state index is 0.123. The SMILES string of the molecule is C=Cc1c(OCC(=O)OC)cccc1[N+](=O)[O-].CC. The largest absolute Gasteiger partial charge is 0.481 e. The van der Waals surface area contributed by atoms with Crippen molar-refractivity contribution in [3.8, 4) is 5.75 Å². The number of hydrogen-bond donors (Lipinski definition) is 0. The van der Waals surface area contributed by atoms with Crippen molar-refractivity contribution in [1.29, 1.82) is 0 Å². The zero-order valence-corrected chi connectivity index (χ0v) is 11.2. The molecule has 0 aliphatic heterocycles. The summed E-state index contributed by atoms with van der Waals surface area (Å²) < 4.78 is 9.52. The Kier molecular flexibility index (Phi) is 7.60. The molecule has 0 heterocycles. The lowest BCUT2D eigenvalue weighted by atomic mass is 10.1. The number of nitro groups is 1. The minimum Gasteiger partial charge on any atom is -0.481 e. The van der Waals surface area contributed by atoms with E-state index in [4.69, 9.17) is 4.74 Å². The number of carbonyl (C=O) groups is 1. The van der Waals surface area contributed by atoms with E-state index in [0.29, 0.717) is 0 Å². The van der Waals surface area contributed by atoms with E-state index in [1.165, 1.54) is 31.4 Å². The number of nitro benzene ring substituents is 1. The molecule has 1 aromatic carbocycles. The fourth-order valence-corrected chi connectivity index (χ4v) is 1.22. The Labute approximate surface area is 111 Å². The molecule has 6 heteroatoms. The summed E-state index contributed by atoms with van der Waals surface area (Å²) in [6.45, 7) is 7.17. The summed E-state index contributed by atoms with van der Waals surface area (Å²) in [5.41, 5.74) is 0.115. The van der Waals surface area contributed by atoms with Crippen molar-refractivity contribution in [3.63, 3.8) is 0 Å². The van der Waals surface area contributed by atoms with Crippen LogP contribution in [0.1, 0.15) is 19.4 Å². The number of rotatable bonds is 5. The number of hydrogen-bond acceptors (Lipinski definition) is 5. The van der Waals surface area contributed by atoms with E-state index in [1.54, 1.807) is 0 Å². The molecule has 0 unspecified atom stereocenters. The van der Waals surface area contributed by atoms with Gasteiger partial charge in [0.1, 0.15) is 5.75 Å². The second-order valence-electron chi connectivity index (χ2n) is 3.01. The summed E-state index contributed by atoms with van der Waals surface area (Å²) in [6.07, 6.45) is 1.31. The van der Waals surface area contributed by atoms with Crippen LogP contribution < -0.4 is 4.74 Å². The first-order valence-electron chi connectivity index (χ1n) is 5.69. The maximum absolute atomic E-state index is 10.9. The molecule has 0 amide bonds. The third-order valence-corrected chi connectivity index (χ3v) is 2.02. The lowest BCUT2D eigenvalue weighted by molar-refractivity contribution is -0.385. The van der Waals surface area contributed by atoms with Crippen molar-refractivity contribution in [2.24, 2.45) is 0 Å². The highest BCUT2D eigenvalue weighted by Gasteiger charge is 2.16. The maximum Gasteiger partial charge on any atom is 0.343 e. The van der Waals surface area contributed by atoms with Gasteiger partial charge in [0.25, 0.3) is 5.69 Å². The summed E-state index contributed by atoms with van der Waals surface area (Å²) in [5.74, 6) is -0.342. The van der Waals surface area contributed by atoms with Crippen LogP contribution >= 0.6 is 0 Å². The van der Waals surface area contributed by atoms with E-state index in [1.807, 2.05) is 13.8 Å². The van der Waals surface area contributed by atoms with Crippen molar-refractivity contribution in [3.05, 3.63) is 40.5 Å². The summed E-state index contributed by atoms with van der Waals surface area (Å²) in [6, 6.07) is 4.33. The Balaban J connectivity index is 0.00000154. The molecule has 104 valence electrons. The zero-order valence-electron chi connectivity index (χ0n) is 11.2. The van der Waals surface area contributed by atoms with Crippen molar-refractivity contribution in [1.82, 2.24) is 0 Å². The second kappa shape index (κ2) is 8.68. The predicted octanol–water partition coefficient (Wildman–Crippen LogP) is 2.82. The van der Waals surface area contributed by atoms with E-state index < -0.39 is 10.9 Å². The van der Waals surface area contributed by atoms with Crippen molar-refractivity contribution < 1.29 is 19.2 Å². The Bertz CT molecular complexity index is 456. The van der Waals surface area contributed by atoms with Crippen molar-refractivity contribution in [2.45, 2.75) is 13.8 Å². The number of ether oxygens (including phenoxy) is 2. The third-order valence-electron chi connectivity index (χ3n) is 2.02. The molecule has 0 fully saturated rings. The van der Waals surface area contributed by atoms with Crippen LogP contribution in [0.5, 0.6) is 5.75 Å². The molecule has 0 bridgehead atoms. The Morgan fingerprint density at radius 3 is 2.58 bits per heavy atom. The van der Waals surface area contributed by atoms with Gasteiger partial charge in [-0.1, -0.05) is 32.6 Å². The van der Waals surface area contributed by atoms with Gasteiger partial charge < -0.3 is 9.47 Å². The summed E-state index contributed by atoms with van der Waals surface area (Å²) in [5, 5.41) is 10.7. The highest BCUT2D eigenvalue weighted by atomic mass is 16.6. The van der Waals surface area contributed by atoms with Crippen LogP contribution in [-0.4, -0.2) is 24.6 Å². The van der Waals surface area contributed by atoms with Crippen LogP contribution in [0.4, 0.5) is 5.69 Å². The second-order valence-corrected chi connectivity index (χ2v) is 3.01. The van der Waals surface area contributed by atoms with Gasteiger partial charge in [-0.3, -0.25) is 10.1 Å². The quantitative estimate of drug-likeness (QED) is 0.465. The number of carbonyl (C=O) groups excluding carboxylic acids is 1. The van der Waals surface area contributed by atoms with Crippen LogP contribution in [0.15, 0.2) is 24.8 Å². The van der Waals surface area contributed by atoms with Gasteiger partial charge in [-0.25, -0.2) is 4.79 Å². The molecule has 0 spiro atoms. The van der Waals surface area contributed by atoms with E-state index in [-0.39, 0.29) is 23.6 Å². The molecular weight excluding hydrogens is 250 g/mol. The Hall–Kier alpha value is -2.37. The van der Waals surface area contributed by atoms with E-state index >= 15 is 0 Å². The molecule has 0 atom stereocenters. The zero-order chi connectivity index (χ0) is 14.8. The summed E-state index contributed by atoms with van der Waals surface area (Å²) in [4.78, 5) is 21.1. The number of benzene rings is 1. The minimum atomic E-state index is -0.563. The van der Waals surface area contributed by atoms with Gasteiger partial charge in [0.15, 0.2) is 6.61 Å². The van der Waals surface area contributed by atoms with Gasteiger partial charge in [-0.15, -0.1) is 0 Å². The van der Waals surface area contributed by atoms with E-state index in [0.717, 1.165) is 0 Å². The molecule has 0 aromatic heterocycles. The summed E-state index contributed by atoms with van der Waals surface area (Å²) in [7, 11) is 1.23. The monoisotopic (exact) mass is 267 g/mol. The van der Waals surface area contributed by atoms with E-state index in [9.17, 15) is 14.9 Å². The molecular formula is C13H17NO5. The molecule has 19 heavy (non-hydrogen) atoms. The number of methoxy groups -OCH3 is 1. The lowest BCUT2D eigenvalue weighted by Crippen LogP contribution is -2.13. The molecule has 0 aliphatic carbocycles. The number of nitrogens with zero attached hydrogens (tertiary/aromatic N) is 1. The average Bonchev–Trinajstić information content (AvgIpc) is 2.46. The van der Waals surface area contributed by atoms with Crippen molar-refractivity contribution >= 4 is 17.7 Å². The van der Waals surface area contributed by atoms with Crippen LogP contribution in [0.3, 0.4) is 0 Å². The van der Waals surface area contributed by atoms with Gasteiger partial charge in [0.2, 0.25) is 0 Å². The van der Waals surface area contributed by atoms with Gasteiger partial charge in [-0.05, 0) is 6.07 Å². The molecule has 0 aliphatic rings. The van der Waals surface area contributed by atoms with Crippen LogP contribution in [-0.2, 0) is 9.53 Å². The predicted molar refractivity (Wildman–Crippen MR) is 72.0 cm³/mol. The fourth-order valence-electron chi connectivity index (χ4n) is 1.22. The molecule has 0 saturated heterocycles. The molecule has 0 N–H and O–H groups in total.